The Bertz CT molecular complexity index is 163. The third-order valence-electron chi connectivity index (χ3n) is 1.43. The molecular weight excluding hydrogens is 167 g/mol. The fourth-order valence-corrected chi connectivity index (χ4v) is 2.67. The maximum Gasteiger partial charge on any atom is 0.194 e. The van der Waals surface area contributed by atoms with Crippen LogP contribution in [0.1, 0.15) is 20.8 Å². The van der Waals surface area contributed by atoms with E-state index in [1.54, 1.807) is 0 Å². The van der Waals surface area contributed by atoms with Crippen LogP contribution in [0.3, 0.4) is 0 Å². The highest BCUT2D eigenvalue weighted by Crippen LogP contribution is 2.62. The summed E-state index contributed by atoms with van der Waals surface area (Å²) in [6, 6.07) is 0. The first kappa shape index (κ1) is 8.66. The van der Waals surface area contributed by atoms with Crippen LogP contribution >= 0.6 is 6.49 Å². The highest BCUT2D eigenvalue weighted by Gasteiger charge is 2.37. The number of rotatable bonds is 0. The van der Waals surface area contributed by atoms with E-state index >= 15 is 0 Å². The lowest BCUT2D eigenvalue weighted by atomic mass is 10.3. The SMILES string of the molecule is CC(C)(C)P1(=S)OCCO1. The van der Waals surface area contributed by atoms with Crippen molar-refractivity contribution in [1.29, 1.82) is 0 Å². The molecule has 1 rings (SSSR count). The smallest absolute Gasteiger partial charge is 0.194 e. The van der Waals surface area contributed by atoms with Crippen molar-refractivity contribution in [3.05, 3.63) is 0 Å². The molecule has 0 bridgehead atoms. The molecule has 0 spiro atoms. The third kappa shape index (κ3) is 1.42. The number of hydrogen-bond donors (Lipinski definition) is 0. The monoisotopic (exact) mass is 180 g/mol. The Morgan fingerprint density at radius 3 is 1.80 bits per heavy atom. The Labute approximate surface area is 67.1 Å². The molecule has 0 saturated carbocycles. The van der Waals surface area contributed by atoms with Gasteiger partial charge in [0.05, 0.1) is 13.2 Å². The van der Waals surface area contributed by atoms with Crippen LogP contribution in [0, 0.1) is 0 Å². The van der Waals surface area contributed by atoms with E-state index in [1.807, 2.05) is 0 Å². The molecule has 1 aliphatic heterocycles. The lowest BCUT2D eigenvalue weighted by molar-refractivity contribution is 0.365. The van der Waals surface area contributed by atoms with Gasteiger partial charge in [0.25, 0.3) is 0 Å². The Balaban J connectivity index is 2.78. The molecule has 1 aliphatic rings. The molecule has 0 aromatic heterocycles. The van der Waals surface area contributed by atoms with Crippen molar-refractivity contribution in [3.8, 4) is 0 Å². The van der Waals surface area contributed by atoms with Crippen molar-refractivity contribution >= 4 is 18.3 Å². The largest absolute Gasteiger partial charge is 0.326 e. The zero-order chi connectivity index (χ0) is 7.83. The van der Waals surface area contributed by atoms with E-state index in [9.17, 15) is 0 Å². The van der Waals surface area contributed by atoms with Gasteiger partial charge in [-0.15, -0.1) is 0 Å². The first-order valence-corrected chi connectivity index (χ1v) is 5.99. The fourth-order valence-electron chi connectivity index (χ4n) is 0.739. The molecule has 0 aromatic rings. The first-order chi connectivity index (χ1) is 4.46. The van der Waals surface area contributed by atoms with Crippen molar-refractivity contribution < 1.29 is 9.05 Å². The average molecular weight is 180 g/mol. The van der Waals surface area contributed by atoms with Gasteiger partial charge in [0.1, 0.15) is 0 Å². The second-order valence-electron chi connectivity index (χ2n) is 3.33. The van der Waals surface area contributed by atoms with Crippen LogP contribution in [0.25, 0.3) is 0 Å². The third-order valence-corrected chi connectivity index (χ3v) is 6.39. The van der Waals surface area contributed by atoms with Crippen molar-refractivity contribution in [2.45, 2.75) is 25.9 Å². The quantitative estimate of drug-likeness (QED) is 0.532. The summed E-state index contributed by atoms with van der Waals surface area (Å²) >= 11 is 5.27. The van der Waals surface area contributed by atoms with Gasteiger partial charge in [-0.05, 0) is 11.8 Å². The van der Waals surface area contributed by atoms with E-state index in [4.69, 9.17) is 20.9 Å². The van der Waals surface area contributed by atoms with Gasteiger partial charge in [0.2, 0.25) is 0 Å². The van der Waals surface area contributed by atoms with Gasteiger partial charge in [-0.1, -0.05) is 20.8 Å². The second-order valence-corrected chi connectivity index (χ2v) is 7.63. The molecule has 0 aromatic carbocycles. The van der Waals surface area contributed by atoms with Crippen LogP contribution < -0.4 is 0 Å². The van der Waals surface area contributed by atoms with Crippen molar-refractivity contribution in [2.75, 3.05) is 13.2 Å². The van der Waals surface area contributed by atoms with E-state index in [0.717, 1.165) is 0 Å². The molecule has 0 N–H and O–H groups in total. The molecule has 4 heteroatoms. The highest BCUT2D eigenvalue weighted by molar-refractivity contribution is 8.10. The van der Waals surface area contributed by atoms with Gasteiger partial charge in [0, 0.05) is 5.16 Å². The van der Waals surface area contributed by atoms with Gasteiger partial charge in [-0.2, -0.15) is 0 Å². The first-order valence-electron chi connectivity index (χ1n) is 3.35. The van der Waals surface area contributed by atoms with Gasteiger partial charge >= 0.3 is 0 Å². The summed E-state index contributed by atoms with van der Waals surface area (Å²) in [5, 5.41) is -0.00116. The van der Waals surface area contributed by atoms with Crippen LogP contribution in [0.4, 0.5) is 0 Å². The summed E-state index contributed by atoms with van der Waals surface area (Å²) in [5.74, 6) is 0. The topological polar surface area (TPSA) is 18.5 Å². The molecule has 0 aliphatic carbocycles. The highest BCUT2D eigenvalue weighted by atomic mass is 32.5. The van der Waals surface area contributed by atoms with Gasteiger partial charge < -0.3 is 9.05 Å². The average Bonchev–Trinajstić information content (AvgIpc) is 2.13. The van der Waals surface area contributed by atoms with Crippen molar-refractivity contribution in [2.24, 2.45) is 0 Å². The molecule has 1 heterocycles. The van der Waals surface area contributed by atoms with Crippen LogP contribution in [0.5, 0.6) is 0 Å². The van der Waals surface area contributed by atoms with E-state index < -0.39 is 6.49 Å². The van der Waals surface area contributed by atoms with E-state index in [-0.39, 0.29) is 5.16 Å². The molecule has 0 amide bonds. The molecule has 1 saturated heterocycles. The van der Waals surface area contributed by atoms with Crippen LogP contribution in [-0.4, -0.2) is 18.4 Å². The molecule has 2 nitrogen and oxygen atoms in total. The predicted octanol–water partition coefficient (Wildman–Crippen LogP) is 2.14. The minimum atomic E-state index is -1.92. The Morgan fingerprint density at radius 1 is 1.20 bits per heavy atom. The summed E-state index contributed by atoms with van der Waals surface area (Å²) < 4.78 is 10.8. The standard InChI is InChI=1S/C6H13O2PS/c1-6(2,3)9(10)7-4-5-8-9/h4-5H2,1-3H3. The zero-order valence-corrected chi connectivity index (χ0v) is 8.30. The maximum atomic E-state index is 5.41. The molecule has 0 unspecified atom stereocenters. The molecule has 60 valence electrons. The lowest BCUT2D eigenvalue weighted by Gasteiger charge is -2.27. The van der Waals surface area contributed by atoms with Crippen LogP contribution in [0.2, 0.25) is 0 Å². The minimum Gasteiger partial charge on any atom is -0.326 e. The Hall–Kier alpha value is 0.570. The normalized spacial score (nSPS) is 25.1. The van der Waals surface area contributed by atoms with Crippen LogP contribution in [-0.2, 0) is 20.9 Å². The van der Waals surface area contributed by atoms with Crippen molar-refractivity contribution in [3.63, 3.8) is 0 Å². The summed E-state index contributed by atoms with van der Waals surface area (Å²) in [7, 11) is 0. The van der Waals surface area contributed by atoms with Gasteiger partial charge in [0.15, 0.2) is 6.49 Å². The second kappa shape index (κ2) is 2.56. The predicted molar refractivity (Wildman–Crippen MR) is 45.9 cm³/mol. The Morgan fingerprint density at radius 2 is 1.60 bits per heavy atom. The Kier molecular flexibility index (Phi) is 2.22. The van der Waals surface area contributed by atoms with E-state index in [0.29, 0.717) is 13.2 Å². The molecule has 10 heavy (non-hydrogen) atoms. The summed E-state index contributed by atoms with van der Waals surface area (Å²) in [6.45, 7) is 5.64. The summed E-state index contributed by atoms with van der Waals surface area (Å²) in [6.07, 6.45) is 0. The molecule has 0 radical (unpaired) electrons. The molecular formula is C6H13O2PS. The summed E-state index contributed by atoms with van der Waals surface area (Å²) in [5.41, 5.74) is 0. The van der Waals surface area contributed by atoms with E-state index in [2.05, 4.69) is 20.8 Å². The van der Waals surface area contributed by atoms with Gasteiger partial charge in [-0.25, -0.2) is 0 Å². The molecule has 0 atom stereocenters. The maximum absolute atomic E-state index is 5.41. The summed E-state index contributed by atoms with van der Waals surface area (Å²) in [4.78, 5) is 0. The lowest BCUT2D eigenvalue weighted by Crippen LogP contribution is -2.14. The minimum absolute atomic E-state index is 0.00116. The molecule has 1 fully saturated rings. The number of hydrogen-bond acceptors (Lipinski definition) is 3. The van der Waals surface area contributed by atoms with Gasteiger partial charge in [-0.3, -0.25) is 0 Å². The van der Waals surface area contributed by atoms with Crippen molar-refractivity contribution in [1.82, 2.24) is 0 Å². The fraction of sp³-hybridized carbons (Fsp3) is 1.00. The zero-order valence-electron chi connectivity index (χ0n) is 6.59. The van der Waals surface area contributed by atoms with E-state index in [1.165, 1.54) is 0 Å². The van der Waals surface area contributed by atoms with Crippen LogP contribution in [0.15, 0.2) is 0 Å².